The lowest BCUT2D eigenvalue weighted by atomic mass is 10.1. The lowest BCUT2D eigenvalue weighted by Crippen LogP contribution is -2.51. The number of urea groups is 1. The summed E-state index contributed by atoms with van der Waals surface area (Å²) in [6.45, 7) is 5.04. The summed E-state index contributed by atoms with van der Waals surface area (Å²) >= 11 is 0. The highest BCUT2D eigenvalue weighted by molar-refractivity contribution is 5.82. The van der Waals surface area contributed by atoms with Gasteiger partial charge < -0.3 is 15.3 Å². The molecule has 0 spiro atoms. The van der Waals surface area contributed by atoms with E-state index in [-0.39, 0.29) is 11.9 Å². The van der Waals surface area contributed by atoms with Crippen LogP contribution in [0.2, 0.25) is 0 Å². The van der Waals surface area contributed by atoms with Crippen LogP contribution in [0.25, 0.3) is 0 Å². The maximum absolute atomic E-state index is 11.8. The molecule has 0 aromatic carbocycles. The zero-order chi connectivity index (χ0) is 12.1. The lowest BCUT2D eigenvalue weighted by molar-refractivity contribution is -0.140. The van der Waals surface area contributed by atoms with Crippen molar-refractivity contribution in [2.24, 2.45) is 5.92 Å². The highest BCUT2D eigenvalue weighted by atomic mass is 16.4. The normalized spacial score (nSPS) is 18.3. The van der Waals surface area contributed by atoms with Gasteiger partial charge in [0, 0.05) is 13.1 Å². The molecule has 2 N–H and O–H groups in total. The number of carbonyl (C=O) groups is 2. The molecule has 2 amide bonds. The van der Waals surface area contributed by atoms with Crippen molar-refractivity contribution in [3.05, 3.63) is 0 Å². The van der Waals surface area contributed by atoms with E-state index in [1.165, 1.54) is 0 Å². The first-order valence-electron chi connectivity index (χ1n) is 5.80. The van der Waals surface area contributed by atoms with E-state index in [0.29, 0.717) is 0 Å². The summed E-state index contributed by atoms with van der Waals surface area (Å²) in [4.78, 5) is 24.4. The predicted octanol–water partition coefficient (Wildman–Crippen LogP) is 1.29. The molecule has 1 aliphatic rings. The number of likely N-dealkylation sites (tertiary alicyclic amines) is 1. The largest absolute Gasteiger partial charge is 0.480 e. The molecule has 5 heteroatoms. The third-order valence-electron chi connectivity index (χ3n) is 2.85. The van der Waals surface area contributed by atoms with Crippen molar-refractivity contribution in [1.29, 1.82) is 0 Å². The van der Waals surface area contributed by atoms with Crippen LogP contribution < -0.4 is 5.32 Å². The fourth-order valence-corrected chi connectivity index (χ4v) is 1.83. The van der Waals surface area contributed by atoms with E-state index in [4.69, 9.17) is 5.11 Å². The van der Waals surface area contributed by atoms with Crippen molar-refractivity contribution in [2.75, 3.05) is 13.1 Å². The molecule has 1 heterocycles. The third kappa shape index (κ3) is 3.40. The van der Waals surface area contributed by atoms with Crippen molar-refractivity contribution >= 4 is 12.0 Å². The second-order valence-electron chi connectivity index (χ2n) is 4.56. The summed E-state index contributed by atoms with van der Waals surface area (Å²) in [5.74, 6) is -1.08. The summed E-state index contributed by atoms with van der Waals surface area (Å²) in [5, 5.41) is 11.5. The zero-order valence-electron chi connectivity index (χ0n) is 9.90. The van der Waals surface area contributed by atoms with Crippen LogP contribution in [0.4, 0.5) is 4.79 Å². The molecule has 16 heavy (non-hydrogen) atoms. The van der Waals surface area contributed by atoms with Crippen LogP contribution in [0.1, 0.15) is 33.1 Å². The van der Waals surface area contributed by atoms with Crippen molar-refractivity contribution < 1.29 is 14.7 Å². The summed E-state index contributed by atoms with van der Waals surface area (Å²) in [6, 6.07) is -1.05. The van der Waals surface area contributed by atoms with Crippen LogP contribution in [0.15, 0.2) is 0 Å². The Morgan fingerprint density at radius 2 is 1.75 bits per heavy atom. The van der Waals surface area contributed by atoms with Crippen LogP contribution in [-0.2, 0) is 4.79 Å². The minimum absolute atomic E-state index is 0.105. The molecule has 0 unspecified atom stereocenters. The van der Waals surface area contributed by atoms with Crippen molar-refractivity contribution in [3.8, 4) is 0 Å². The van der Waals surface area contributed by atoms with Crippen molar-refractivity contribution in [2.45, 2.75) is 39.2 Å². The van der Waals surface area contributed by atoms with Crippen LogP contribution in [0.3, 0.4) is 0 Å². The Morgan fingerprint density at radius 1 is 1.19 bits per heavy atom. The van der Waals surface area contributed by atoms with Gasteiger partial charge in [-0.1, -0.05) is 13.8 Å². The average Bonchev–Trinajstić information content (AvgIpc) is 2.25. The maximum atomic E-state index is 11.8. The fourth-order valence-electron chi connectivity index (χ4n) is 1.83. The minimum atomic E-state index is -0.972. The van der Waals surface area contributed by atoms with E-state index in [0.717, 1.165) is 32.4 Å². The molecule has 1 atom stereocenters. The molecule has 0 aliphatic carbocycles. The number of nitrogens with one attached hydrogen (secondary N) is 1. The number of hydrogen-bond acceptors (Lipinski definition) is 2. The van der Waals surface area contributed by atoms with E-state index >= 15 is 0 Å². The van der Waals surface area contributed by atoms with E-state index in [2.05, 4.69) is 5.32 Å². The molecular weight excluding hydrogens is 208 g/mol. The topological polar surface area (TPSA) is 69.6 Å². The van der Waals surface area contributed by atoms with Gasteiger partial charge >= 0.3 is 12.0 Å². The third-order valence-corrected chi connectivity index (χ3v) is 2.85. The van der Waals surface area contributed by atoms with Gasteiger partial charge in [0.25, 0.3) is 0 Å². The Balaban J connectivity index is 2.50. The molecule has 1 fully saturated rings. The molecule has 1 rings (SSSR count). The van der Waals surface area contributed by atoms with Gasteiger partial charge in [-0.05, 0) is 25.2 Å². The van der Waals surface area contributed by atoms with Gasteiger partial charge in [-0.2, -0.15) is 0 Å². The summed E-state index contributed by atoms with van der Waals surface area (Å²) in [6.07, 6.45) is 3.16. The molecule has 0 aromatic heterocycles. The van der Waals surface area contributed by atoms with E-state index < -0.39 is 12.0 Å². The Hall–Kier alpha value is -1.26. The van der Waals surface area contributed by atoms with Gasteiger partial charge in [0.1, 0.15) is 6.04 Å². The SMILES string of the molecule is CC(C)[C@H](NC(=O)N1CCCCC1)C(=O)O. The Labute approximate surface area is 95.8 Å². The lowest BCUT2D eigenvalue weighted by Gasteiger charge is -2.29. The first kappa shape index (κ1) is 12.8. The number of aliphatic carboxylic acids is 1. The van der Waals surface area contributed by atoms with Crippen molar-refractivity contribution in [3.63, 3.8) is 0 Å². The summed E-state index contributed by atoms with van der Waals surface area (Å²) in [5.41, 5.74) is 0. The number of amides is 2. The molecule has 0 bridgehead atoms. The van der Waals surface area contributed by atoms with E-state index in [9.17, 15) is 9.59 Å². The first-order valence-corrected chi connectivity index (χ1v) is 5.80. The maximum Gasteiger partial charge on any atom is 0.326 e. The van der Waals surface area contributed by atoms with Gasteiger partial charge in [-0.25, -0.2) is 9.59 Å². The number of carbonyl (C=O) groups excluding carboxylic acids is 1. The summed E-state index contributed by atoms with van der Waals surface area (Å²) < 4.78 is 0. The first-order chi connectivity index (χ1) is 7.52. The molecule has 92 valence electrons. The smallest absolute Gasteiger partial charge is 0.326 e. The van der Waals surface area contributed by atoms with Crippen LogP contribution in [-0.4, -0.2) is 41.1 Å². The molecule has 0 aromatic rings. The molecule has 5 nitrogen and oxygen atoms in total. The van der Waals surface area contributed by atoms with Crippen LogP contribution >= 0.6 is 0 Å². The van der Waals surface area contributed by atoms with Gasteiger partial charge in [0.15, 0.2) is 0 Å². The van der Waals surface area contributed by atoms with Gasteiger partial charge in [0.05, 0.1) is 0 Å². The number of piperidine rings is 1. The highest BCUT2D eigenvalue weighted by Gasteiger charge is 2.26. The van der Waals surface area contributed by atoms with E-state index in [1.54, 1.807) is 18.7 Å². The number of nitrogens with zero attached hydrogens (tertiary/aromatic N) is 1. The highest BCUT2D eigenvalue weighted by Crippen LogP contribution is 2.10. The second kappa shape index (κ2) is 5.72. The van der Waals surface area contributed by atoms with Crippen LogP contribution in [0, 0.1) is 5.92 Å². The Bertz CT molecular complexity index is 260. The number of rotatable bonds is 3. The molecule has 0 saturated carbocycles. The van der Waals surface area contributed by atoms with Crippen molar-refractivity contribution in [1.82, 2.24) is 10.2 Å². The van der Waals surface area contributed by atoms with E-state index in [1.807, 2.05) is 0 Å². The fraction of sp³-hybridized carbons (Fsp3) is 0.818. The van der Waals surface area contributed by atoms with Gasteiger partial charge in [-0.15, -0.1) is 0 Å². The quantitative estimate of drug-likeness (QED) is 0.764. The standard InChI is InChI=1S/C11H20N2O3/c1-8(2)9(10(14)15)12-11(16)13-6-4-3-5-7-13/h8-9H,3-7H2,1-2H3,(H,12,16)(H,14,15)/t9-/m0/s1. The molecule has 0 radical (unpaired) electrons. The van der Waals surface area contributed by atoms with Gasteiger partial charge in [-0.3, -0.25) is 0 Å². The summed E-state index contributed by atoms with van der Waals surface area (Å²) in [7, 11) is 0. The number of carboxylic acids is 1. The minimum Gasteiger partial charge on any atom is -0.480 e. The van der Waals surface area contributed by atoms with Crippen LogP contribution in [0.5, 0.6) is 0 Å². The monoisotopic (exact) mass is 228 g/mol. The molecule has 1 aliphatic heterocycles. The molecule has 1 saturated heterocycles. The number of hydrogen-bond donors (Lipinski definition) is 2. The zero-order valence-corrected chi connectivity index (χ0v) is 9.90. The predicted molar refractivity (Wildman–Crippen MR) is 60.2 cm³/mol. The Kier molecular flexibility index (Phi) is 4.58. The number of carboxylic acid groups (broad SMARTS) is 1. The van der Waals surface area contributed by atoms with Gasteiger partial charge in [0.2, 0.25) is 0 Å². The second-order valence-corrected chi connectivity index (χ2v) is 4.56. The average molecular weight is 228 g/mol. The Morgan fingerprint density at radius 3 is 2.19 bits per heavy atom. The molecular formula is C11H20N2O3.